The highest BCUT2D eigenvalue weighted by Crippen LogP contribution is 2.60. The van der Waals surface area contributed by atoms with Crippen LogP contribution in [-0.4, -0.2) is 37.4 Å². The van der Waals surface area contributed by atoms with E-state index in [0.717, 1.165) is 21.5 Å². The molecule has 2 bridgehead atoms. The summed E-state index contributed by atoms with van der Waals surface area (Å²) in [5, 5.41) is 2.91. The Bertz CT molecular complexity index is 1060. The number of fused-ring (bicyclic) bond motifs is 5. The van der Waals surface area contributed by atoms with Gasteiger partial charge in [0.15, 0.2) is 0 Å². The highest BCUT2D eigenvalue weighted by molar-refractivity contribution is 9.12. The van der Waals surface area contributed by atoms with Crippen LogP contribution in [0.2, 0.25) is 5.02 Å². The van der Waals surface area contributed by atoms with Crippen LogP contribution in [0.5, 0.6) is 0 Å². The van der Waals surface area contributed by atoms with Crippen LogP contribution in [0.4, 0.5) is 0 Å². The van der Waals surface area contributed by atoms with Gasteiger partial charge in [0.05, 0.1) is 18.4 Å². The molecule has 0 aromatic heterocycles. The number of imide groups is 1. The van der Waals surface area contributed by atoms with Crippen molar-refractivity contribution in [3.05, 3.63) is 69.2 Å². The smallest absolute Gasteiger partial charge is 0.272 e. The number of amides is 3. The van der Waals surface area contributed by atoms with E-state index in [-0.39, 0.29) is 39.8 Å². The standard InChI is InChI=1S/C23H18Br3ClN2O3/c24-13-5-1-11(2-6-13)10-28(21(30)12-3-7-14(27)8-4-12)29-22(31)17-15-9-16(18(17)23(29)32)20(26)19(15)25/h1-8,15-20H,9-10H2/t15-,16-,17-,18+,19-,20+/m1/s1. The number of hydrazine groups is 1. The molecule has 1 saturated heterocycles. The zero-order valence-corrected chi connectivity index (χ0v) is 22.1. The van der Waals surface area contributed by atoms with E-state index in [2.05, 4.69) is 47.8 Å². The highest BCUT2D eigenvalue weighted by atomic mass is 79.9. The quantitative estimate of drug-likeness (QED) is 0.329. The van der Waals surface area contributed by atoms with Crippen LogP contribution in [-0.2, 0) is 16.1 Å². The average molecular weight is 646 g/mol. The van der Waals surface area contributed by atoms with Crippen molar-refractivity contribution in [2.24, 2.45) is 23.7 Å². The number of alkyl halides is 2. The molecule has 2 aromatic rings. The van der Waals surface area contributed by atoms with Crippen LogP contribution >= 0.6 is 59.4 Å². The number of carbonyl (C=O) groups excluding carboxylic acids is 3. The molecule has 1 heterocycles. The van der Waals surface area contributed by atoms with Gasteiger partial charge in [-0.2, -0.15) is 5.01 Å². The van der Waals surface area contributed by atoms with Crippen molar-refractivity contribution >= 4 is 77.1 Å². The molecule has 0 spiro atoms. The second-order valence-electron chi connectivity index (χ2n) is 8.49. The van der Waals surface area contributed by atoms with E-state index in [1.165, 1.54) is 5.01 Å². The third kappa shape index (κ3) is 3.58. The average Bonchev–Trinajstić information content (AvgIpc) is 3.39. The molecule has 32 heavy (non-hydrogen) atoms. The van der Waals surface area contributed by atoms with E-state index < -0.39 is 17.7 Å². The molecule has 5 nitrogen and oxygen atoms in total. The molecule has 6 atom stereocenters. The molecule has 3 fully saturated rings. The van der Waals surface area contributed by atoms with Crippen LogP contribution in [0.15, 0.2) is 53.0 Å². The molecule has 5 rings (SSSR count). The summed E-state index contributed by atoms with van der Waals surface area (Å²) in [4.78, 5) is 40.9. The van der Waals surface area contributed by atoms with Crippen molar-refractivity contribution in [2.45, 2.75) is 22.6 Å². The van der Waals surface area contributed by atoms with Crippen LogP contribution in [0.25, 0.3) is 0 Å². The zero-order valence-electron chi connectivity index (χ0n) is 16.6. The van der Waals surface area contributed by atoms with Gasteiger partial charge in [0.2, 0.25) is 0 Å². The second-order valence-corrected chi connectivity index (χ2v) is 12.0. The first-order valence-electron chi connectivity index (χ1n) is 10.3. The Labute approximate surface area is 215 Å². The maximum atomic E-state index is 13.6. The van der Waals surface area contributed by atoms with Gasteiger partial charge in [-0.05, 0) is 60.2 Å². The maximum absolute atomic E-state index is 13.6. The van der Waals surface area contributed by atoms with Crippen molar-refractivity contribution < 1.29 is 14.4 Å². The number of rotatable bonds is 4. The number of carbonyl (C=O) groups is 3. The first kappa shape index (κ1) is 22.6. The van der Waals surface area contributed by atoms with E-state index in [1.54, 1.807) is 24.3 Å². The predicted molar refractivity (Wildman–Crippen MR) is 131 cm³/mol. The van der Waals surface area contributed by atoms with Gasteiger partial charge >= 0.3 is 0 Å². The van der Waals surface area contributed by atoms with Gasteiger partial charge in [0, 0.05) is 24.7 Å². The van der Waals surface area contributed by atoms with Crippen LogP contribution in [0, 0.1) is 23.7 Å². The minimum absolute atomic E-state index is 0.0796. The van der Waals surface area contributed by atoms with Crippen molar-refractivity contribution in [1.29, 1.82) is 0 Å². The van der Waals surface area contributed by atoms with Crippen molar-refractivity contribution in [3.8, 4) is 0 Å². The molecule has 3 aliphatic rings. The topological polar surface area (TPSA) is 57.7 Å². The van der Waals surface area contributed by atoms with Crippen LogP contribution < -0.4 is 0 Å². The van der Waals surface area contributed by atoms with E-state index in [0.29, 0.717) is 10.6 Å². The fourth-order valence-electron chi connectivity index (χ4n) is 5.31. The minimum atomic E-state index is -0.413. The summed E-state index contributed by atoms with van der Waals surface area (Å²) in [6.45, 7) is 0.108. The van der Waals surface area contributed by atoms with Crippen molar-refractivity contribution in [1.82, 2.24) is 10.0 Å². The number of benzene rings is 2. The third-order valence-corrected chi connectivity index (χ3v) is 10.8. The summed E-state index contributed by atoms with van der Waals surface area (Å²) in [7, 11) is 0. The molecule has 0 N–H and O–H groups in total. The summed E-state index contributed by atoms with van der Waals surface area (Å²) >= 11 is 16.8. The van der Waals surface area contributed by atoms with Gasteiger partial charge in [-0.1, -0.05) is 71.5 Å². The van der Waals surface area contributed by atoms with Crippen molar-refractivity contribution in [2.75, 3.05) is 0 Å². The molecule has 1 aliphatic heterocycles. The Morgan fingerprint density at radius 1 is 0.938 bits per heavy atom. The number of halogens is 4. The van der Waals surface area contributed by atoms with E-state index in [9.17, 15) is 14.4 Å². The molecule has 3 amide bonds. The first-order chi connectivity index (χ1) is 15.3. The van der Waals surface area contributed by atoms with Gasteiger partial charge in [-0.25, -0.2) is 5.01 Å². The van der Waals surface area contributed by atoms with Crippen molar-refractivity contribution in [3.63, 3.8) is 0 Å². The fourth-order valence-corrected chi connectivity index (χ4v) is 7.57. The minimum Gasteiger partial charge on any atom is -0.272 e. The number of hydrogen-bond donors (Lipinski definition) is 0. The Morgan fingerprint density at radius 2 is 1.47 bits per heavy atom. The maximum Gasteiger partial charge on any atom is 0.273 e. The summed E-state index contributed by atoms with van der Waals surface area (Å²) in [6, 6.07) is 13.9. The molecule has 0 unspecified atom stereocenters. The Morgan fingerprint density at radius 3 is 2.00 bits per heavy atom. The van der Waals surface area contributed by atoms with E-state index in [1.807, 2.05) is 24.3 Å². The zero-order chi connectivity index (χ0) is 22.7. The van der Waals surface area contributed by atoms with Gasteiger partial charge in [-0.3, -0.25) is 14.4 Å². The SMILES string of the molecule is O=C(c1ccc(Cl)cc1)N(Cc1ccc(Br)cc1)N1C(=O)[C@@H]2[C@H]3C[C@@H]([C@H](Br)[C@@H]3Br)[C@@H]2C1=O. The molecule has 2 aromatic carbocycles. The van der Waals surface area contributed by atoms with Gasteiger partial charge in [-0.15, -0.1) is 0 Å². The highest BCUT2D eigenvalue weighted by Gasteiger charge is 2.67. The third-order valence-electron chi connectivity index (χ3n) is 6.78. The summed E-state index contributed by atoms with van der Waals surface area (Å²) in [5.41, 5.74) is 1.18. The van der Waals surface area contributed by atoms with Gasteiger partial charge < -0.3 is 0 Å². The Hall–Kier alpha value is -1.22. The van der Waals surface area contributed by atoms with Gasteiger partial charge in [0.25, 0.3) is 17.7 Å². The Balaban J connectivity index is 1.52. The molecular formula is C23H18Br3ClN2O3. The van der Waals surface area contributed by atoms with Gasteiger partial charge in [0.1, 0.15) is 0 Å². The molecule has 2 saturated carbocycles. The predicted octanol–water partition coefficient (Wildman–Crippen LogP) is 5.44. The molecular weight excluding hydrogens is 627 g/mol. The van der Waals surface area contributed by atoms with E-state index >= 15 is 0 Å². The second kappa shape index (κ2) is 8.53. The molecule has 166 valence electrons. The first-order valence-corrected chi connectivity index (χ1v) is 13.3. The lowest BCUT2D eigenvalue weighted by molar-refractivity contribution is -0.156. The monoisotopic (exact) mass is 642 g/mol. The lowest BCUT2D eigenvalue weighted by Crippen LogP contribution is -2.50. The number of hydrogen-bond acceptors (Lipinski definition) is 3. The van der Waals surface area contributed by atoms with Crippen LogP contribution in [0.1, 0.15) is 22.3 Å². The molecule has 0 radical (unpaired) electrons. The number of nitrogens with zero attached hydrogens (tertiary/aromatic N) is 2. The lowest BCUT2D eigenvalue weighted by atomic mass is 9.81. The Kier molecular flexibility index (Phi) is 6.01. The van der Waals surface area contributed by atoms with E-state index in [4.69, 9.17) is 11.6 Å². The summed E-state index contributed by atoms with van der Waals surface area (Å²) in [6.07, 6.45) is 0.838. The fraction of sp³-hybridized carbons (Fsp3) is 0.348. The molecule has 2 aliphatic carbocycles. The normalized spacial score (nSPS) is 30.7. The summed E-state index contributed by atoms with van der Waals surface area (Å²) in [5.74, 6) is -1.60. The lowest BCUT2D eigenvalue weighted by Gasteiger charge is -2.31. The van der Waals surface area contributed by atoms with Crippen LogP contribution in [0.3, 0.4) is 0 Å². The summed E-state index contributed by atoms with van der Waals surface area (Å²) < 4.78 is 0.906. The molecule has 9 heteroatoms. The largest absolute Gasteiger partial charge is 0.273 e.